The van der Waals surface area contributed by atoms with Crippen LogP contribution >= 0.6 is 0 Å². The number of esters is 1. The summed E-state index contributed by atoms with van der Waals surface area (Å²) in [5, 5.41) is 8.69. The lowest BCUT2D eigenvalue weighted by Crippen LogP contribution is -2.38. The Balaban J connectivity index is 2.96. The zero-order valence-corrected chi connectivity index (χ0v) is 19.7. The third kappa shape index (κ3) is 7.84. The monoisotopic (exact) mass is 531 g/mol. The molecule has 34 heavy (non-hydrogen) atoms. The van der Waals surface area contributed by atoms with E-state index >= 15 is 0 Å². The van der Waals surface area contributed by atoms with Gasteiger partial charge in [0, 0.05) is 17.9 Å². The van der Waals surface area contributed by atoms with Crippen molar-refractivity contribution in [3.8, 4) is 5.75 Å². The van der Waals surface area contributed by atoms with Crippen LogP contribution in [0, 0.1) is 15.5 Å². The molecule has 0 unspecified atom stereocenters. The van der Waals surface area contributed by atoms with Crippen molar-refractivity contribution in [3.05, 3.63) is 33.9 Å². The minimum Gasteiger partial charge on any atom is -0.743 e. The number of alkyl halides is 2. The van der Waals surface area contributed by atoms with Crippen molar-refractivity contribution in [2.24, 2.45) is 5.41 Å². The molecule has 1 aromatic carbocycles. The van der Waals surface area contributed by atoms with E-state index in [0.717, 1.165) is 6.07 Å². The quantitative estimate of drug-likeness (QED) is 0.102. The molecule has 0 saturated carbocycles. The fourth-order valence-corrected chi connectivity index (χ4v) is 3.54. The molecule has 0 atom stereocenters. The van der Waals surface area contributed by atoms with E-state index in [1.165, 1.54) is 0 Å². The smallest absolute Gasteiger partial charge is 0.340 e. The van der Waals surface area contributed by atoms with Crippen molar-refractivity contribution >= 4 is 37.8 Å². The molecule has 1 rings (SSSR count). The molecule has 17 heteroatoms. The summed E-state index contributed by atoms with van der Waals surface area (Å²) in [4.78, 5) is 34.2. The van der Waals surface area contributed by atoms with Crippen LogP contribution in [0.3, 0.4) is 0 Å². The Hall–Kier alpha value is -2.92. The molecular weight excluding hydrogens is 510 g/mol. The van der Waals surface area contributed by atoms with E-state index in [0.29, 0.717) is 18.6 Å². The number of hydrogen-bond donors (Lipinski definition) is 1. The molecule has 0 heterocycles. The van der Waals surface area contributed by atoms with Crippen LogP contribution in [-0.2, 0) is 29.8 Å². The van der Waals surface area contributed by atoms with Crippen LogP contribution in [0.4, 0.5) is 14.5 Å². The average molecular weight is 531 g/mol. The van der Waals surface area contributed by atoms with Crippen LogP contribution in [0.5, 0.6) is 5.75 Å². The number of nitro benzene ring substituents is 1. The normalized spacial score (nSPS) is 12.6. The molecule has 13 nitrogen and oxygen atoms in total. The van der Waals surface area contributed by atoms with Gasteiger partial charge >= 0.3 is 27.0 Å². The number of carbonyl (C=O) groups excluding carboxylic acids is 2. The van der Waals surface area contributed by atoms with Gasteiger partial charge in [0.2, 0.25) is 11.7 Å². The lowest BCUT2D eigenvalue weighted by molar-refractivity contribution is -0.385. The van der Waals surface area contributed by atoms with Crippen LogP contribution in [0.1, 0.15) is 44.0 Å². The first-order valence-electron chi connectivity index (χ1n) is 9.32. The fraction of sp³-hybridized carbons (Fsp3) is 0.529. The van der Waals surface area contributed by atoms with Crippen LogP contribution in [0.2, 0.25) is 0 Å². The van der Waals surface area contributed by atoms with Gasteiger partial charge in [-0.2, -0.15) is 17.2 Å². The number of nitrogens with one attached hydrogen (secondary N) is 1. The van der Waals surface area contributed by atoms with Crippen molar-refractivity contribution < 1.29 is 53.6 Å². The lowest BCUT2D eigenvalue weighted by atomic mass is 9.89. The molecule has 1 amide bonds. The summed E-state index contributed by atoms with van der Waals surface area (Å²) in [6, 6.07) is 2.13. The van der Waals surface area contributed by atoms with E-state index in [-0.39, 0.29) is 0 Å². The van der Waals surface area contributed by atoms with Crippen molar-refractivity contribution in [2.75, 3.05) is 12.5 Å². The summed E-state index contributed by atoms with van der Waals surface area (Å²) in [6.45, 7) is 4.52. The number of carbonyl (C=O) groups is 2. The SMILES string of the molecule is CCC(C)(C)C(=O)NCOC(=O)c1ccc(OS(=O)(=O)CCC(F)(F)S(=O)(=O)[O-])c([N+](=O)[O-])c1. The summed E-state index contributed by atoms with van der Waals surface area (Å²) in [7, 11) is -11.2. The van der Waals surface area contributed by atoms with E-state index in [4.69, 9.17) is 4.74 Å². The zero-order chi connectivity index (χ0) is 26.5. The summed E-state index contributed by atoms with van der Waals surface area (Å²) in [5.41, 5.74) is -2.22. The number of benzene rings is 1. The van der Waals surface area contributed by atoms with Gasteiger partial charge in [0.25, 0.3) is 0 Å². The minimum absolute atomic E-state index is 0.418. The molecule has 192 valence electrons. The third-order valence-electron chi connectivity index (χ3n) is 4.55. The Kier molecular flexibility index (Phi) is 9.04. The largest absolute Gasteiger partial charge is 0.743 e. The van der Waals surface area contributed by atoms with Gasteiger partial charge < -0.3 is 18.8 Å². The molecular formula is C17H21F2N2O11S2-. The Bertz CT molecular complexity index is 1170. The van der Waals surface area contributed by atoms with Crippen molar-refractivity contribution in [1.82, 2.24) is 5.32 Å². The standard InChI is InChI=1S/C17H22F2N2O11S2/c1-4-16(2,3)15(23)20-10-31-14(22)11-5-6-13(12(9-11)21(24)25)32-33(26,27)8-7-17(18,19)34(28,29)30/h5-6,9H,4,7-8,10H2,1-3H3,(H,20,23)(H,28,29,30)/p-1. The fourth-order valence-electron chi connectivity index (χ4n) is 2.06. The number of nitrogens with zero attached hydrogens (tertiary/aromatic N) is 1. The second-order valence-corrected chi connectivity index (χ2v) is 10.6. The van der Waals surface area contributed by atoms with Crippen LogP contribution < -0.4 is 9.50 Å². The first kappa shape index (κ1) is 29.1. The maximum Gasteiger partial charge on any atom is 0.340 e. The number of nitro groups is 1. The van der Waals surface area contributed by atoms with Gasteiger partial charge in [-0.25, -0.2) is 13.2 Å². The van der Waals surface area contributed by atoms with Gasteiger partial charge in [-0.05, 0) is 18.6 Å². The van der Waals surface area contributed by atoms with Gasteiger partial charge in [-0.15, -0.1) is 0 Å². The maximum absolute atomic E-state index is 13.2. The van der Waals surface area contributed by atoms with Crippen LogP contribution in [-0.4, -0.2) is 55.9 Å². The predicted octanol–water partition coefficient (Wildman–Crippen LogP) is 1.50. The molecule has 0 aliphatic carbocycles. The summed E-state index contributed by atoms with van der Waals surface area (Å²) < 4.78 is 90.6. The molecule has 0 saturated heterocycles. The van der Waals surface area contributed by atoms with Gasteiger partial charge in [0.1, 0.15) is 0 Å². The summed E-state index contributed by atoms with van der Waals surface area (Å²) >= 11 is 0. The molecule has 1 N–H and O–H groups in total. The van der Waals surface area contributed by atoms with Gasteiger partial charge in [-0.3, -0.25) is 14.9 Å². The van der Waals surface area contributed by atoms with Gasteiger partial charge in [0.15, 0.2) is 16.8 Å². The second kappa shape index (κ2) is 10.6. The Morgan fingerprint density at radius 1 is 1.18 bits per heavy atom. The third-order valence-corrected chi connectivity index (χ3v) is 6.62. The molecule has 0 spiro atoms. The van der Waals surface area contributed by atoms with Crippen LogP contribution in [0.25, 0.3) is 0 Å². The number of rotatable bonds is 12. The lowest BCUT2D eigenvalue weighted by Gasteiger charge is -2.21. The Morgan fingerprint density at radius 2 is 1.76 bits per heavy atom. The van der Waals surface area contributed by atoms with E-state index in [1.54, 1.807) is 20.8 Å². The van der Waals surface area contributed by atoms with Gasteiger partial charge in [-0.1, -0.05) is 20.8 Å². The van der Waals surface area contributed by atoms with E-state index in [9.17, 15) is 49.9 Å². The molecule has 0 aromatic heterocycles. The Morgan fingerprint density at radius 3 is 2.26 bits per heavy atom. The van der Waals surface area contributed by atoms with Crippen molar-refractivity contribution in [1.29, 1.82) is 0 Å². The zero-order valence-electron chi connectivity index (χ0n) is 18.1. The highest BCUT2D eigenvalue weighted by Crippen LogP contribution is 2.31. The number of halogens is 2. The number of amides is 1. The summed E-state index contributed by atoms with van der Waals surface area (Å²) in [6.07, 6.45) is -1.45. The maximum atomic E-state index is 13.2. The molecule has 0 radical (unpaired) electrons. The minimum atomic E-state index is -6.15. The highest BCUT2D eigenvalue weighted by atomic mass is 32.2. The van der Waals surface area contributed by atoms with Crippen molar-refractivity contribution in [2.45, 2.75) is 38.9 Å². The average Bonchev–Trinajstić information content (AvgIpc) is 2.71. The first-order chi connectivity index (χ1) is 15.3. The highest BCUT2D eigenvalue weighted by Gasteiger charge is 2.39. The molecule has 1 aromatic rings. The second-order valence-electron chi connectivity index (χ2n) is 7.45. The summed E-state index contributed by atoms with van der Waals surface area (Å²) in [5.74, 6) is -4.16. The van der Waals surface area contributed by atoms with Gasteiger partial charge in [0.05, 0.1) is 16.2 Å². The topological polar surface area (TPSA) is 199 Å². The van der Waals surface area contributed by atoms with E-state index in [2.05, 4.69) is 9.50 Å². The highest BCUT2D eigenvalue weighted by molar-refractivity contribution is 7.87. The molecule has 0 bridgehead atoms. The van der Waals surface area contributed by atoms with E-state index in [1.807, 2.05) is 0 Å². The first-order valence-corrected chi connectivity index (χ1v) is 12.3. The number of ether oxygens (including phenoxy) is 1. The Labute approximate surface area is 193 Å². The molecule has 0 aliphatic rings. The van der Waals surface area contributed by atoms with E-state index < -0.39 is 83.6 Å². The molecule has 0 fully saturated rings. The molecule has 0 aliphatic heterocycles. The predicted molar refractivity (Wildman–Crippen MR) is 109 cm³/mol. The van der Waals surface area contributed by atoms with Crippen molar-refractivity contribution in [3.63, 3.8) is 0 Å². The number of hydrogen-bond acceptors (Lipinski definition) is 11. The van der Waals surface area contributed by atoms with Crippen LogP contribution in [0.15, 0.2) is 18.2 Å².